The molecule has 4 rings (SSSR count). The number of aromatic nitrogens is 3. The average Bonchev–Trinajstić information content (AvgIpc) is 3.28. The molecule has 1 aromatic carbocycles. The molecule has 0 saturated carbocycles. The van der Waals surface area contributed by atoms with Gasteiger partial charge in [-0.15, -0.1) is 0 Å². The van der Waals surface area contributed by atoms with Gasteiger partial charge in [-0.25, -0.2) is 4.68 Å². The van der Waals surface area contributed by atoms with Crippen LogP contribution in [0.5, 0.6) is 0 Å². The van der Waals surface area contributed by atoms with Crippen molar-refractivity contribution in [3.8, 4) is 16.9 Å². The topological polar surface area (TPSA) is 79.6 Å². The molecule has 0 amide bonds. The van der Waals surface area contributed by atoms with E-state index in [1.165, 1.54) is 0 Å². The average molecular weight is 450 g/mol. The van der Waals surface area contributed by atoms with Crippen LogP contribution in [-0.4, -0.2) is 70.4 Å². The van der Waals surface area contributed by atoms with Crippen molar-refractivity contribution in [3.63, 3.8) is 0 Å². The summed E-state index contributed by atoms with van der Waals surface area (Å²) in [6.07, 6.45) is 8.23. The molecule has 0 atom stereocenters. The van der Waals surface area contributed by atoms with Crippen LogP contribution in [0.15, 0.2) is 66.2 Å². The third kappa shape index (κ3) is 6.19. The molecule has 8 nitrogen and oxygen atoms in total. The number of rotatable bonds is 8. The number of ether oxygens (including phenoxy) is 1. The van der Waals surface area contributed by atoms with E-state index in [9.17, 15) is 0 Å². The molecule has 0 unspecified atom stereocenters. The molecule has 0 aliphatic carbocycles. The molecular weight excluding hydrogens is 422 g/mol. The van der Waals surface area contributed by atoms with Crippen LogP contribution >= 0.6 is 12.2 Å². The van der Waals surface area contributed by atoms with Gasteiger partial charge in [-0.3, -0.25) is 15.3 Å². The Kier molecular flexibility index (Phi) is 7.91. The summed E-state index contributed by atoms with van der Waals surface area (Å²) >= 11 is 5.35. The number of pyridine rings is 1. The highest BCUT2D eigenvalue weighted by atomic mass is 32.1. The molecular formula is C23H27N7OS. The fraction of sp³-hybridized carbons (Fsp3) is 0.304. The second kappa shape index (κ2) is 11.5. The van der Waals surface area contributed by atoms with Crippen LogP contribution in [0.3, 0.4) is 0 Å². The van der Waals surface area contributed by atoms with Crippen molar-refractivity contribution in [1.82, 2.24) is 30.4 Å². The number of morpholine rings is 1. The van der Waals surface area contributed by atoms with Crippen LogP contribution in [0.2, 0.25) is 0 Å². The minimum absolute atomic E-state index is 0.501. The first-order valence-electron chi connectivity index (χ1n) is 10.7. The number of nitrogens with one attached hydrogen (secondary N) is 2. The van der Waals surface area contributed by atoms with Crippen molar-refractivity contribution in [3.05, 3.63) is 66.6 Å². The lowest BCUT2D eigenvalue weighted by atomic mass is 10.1. The van der Waals surface area contributed by atoms with E-state index < -0.39 is 0 Å². The van der Waals surface area contributed by atoms with Gasteiger partial charge in [0.25, 0.3) is 0 Å². The van der Waals surface area contributed by atoms with E-state index in [-0.39, 0.29) is 0 Å². The zero-order valence-corrected chi connectivity index (χ0v) is 18.7. The van der Waals surface area contributed by atoms with Crippen LogP contribution in [0.25, 0.3) is 16.9 Å². The predicted octanol–water partition coefficient (Wildman–Crippen LogP) is 2.45. The summed E-state index contributed by atoms with van der Waals surface area (Å²) in [6, 6.07) is 13.8. The number of para-hydroxylation sites is 1. The molecule has 3 heterocycles. The summed E-state index contributed by atoms with van der Waals surface area (Å²) in [7, 11) is 0. The minimum Gasteiger partial charge on any atom is -0.379 e. The first kappa shape index (κ1) is 22.1. The van der Waals surface area contributed by atoms with Crippen molar-refractivity contribution in [2.24, 2.45) is 5.10 Å². The van der Waals surface area contributed by atoms with Gasteiger partial charge in [0.1, 0.15) is 5.69 Å². The van der Waals surface area contributed by atoms with Gasteiger partial charge in [0.15, 0.2) is 5.11 Å². The van der Waals surface area contributed by atoms with E-state index >= 15 is 0 Å². The quantitative estimate of drug-likeness (QED) is 0.237. The van der Waals surface area contributed by atoms with Crippen LogP contribution in [0.4, 0.5) is 0 Å². The van der Waals surface area contributed by atoms with Crippen molar-refractivity contribution in [2.45, 2.75) is 6.42 Å². The molecule has 1 aliphatic rings. The molecule has 3 aromatic rings. The van der Waals surface area contributed by atoms with Crippen LogP contribution in [0, 0.1) is 0 Å². The summed E-state index contributed by atoms with van der Waals surface area (Å²) in [5, 5.41) is 12.8. The summed E-state index contributed by atoms with van der Waals surface area (Å²) < 4.78 is 7.21. The third-order valence-corrected chi connectivity index (χ3v) is 5.34. The molecule has 0 radical (unpaired) electrons. The normalized spacial score (nSPS) is 14.5. The second-order valence-electron chi connectivity index (χ2n) is 7.39. The van der Waals surface area contributed by atoms with E-state index in [0.29, 0.717) is 5.11 Å². The number of nitrogens with zero attached hydrogens (tertiary/aromatic N) is 5. The maximum absolute atomic E-state index is 5.37. The SMILES string of the molecule is S=C(NCCCN1CCOCC1)N/N=C/c1cn(-c2ccccc2)nc1-c1cccnc1. The Morgan fingerprint density at radius 3 is 2.78 bits per heavy atom. The summed E-state index contributed by atoms with van der Waals surface area (Å²) in [4.78, 5) is 6.62. The van der Waals surface area contributed by atoms with Crippen molar-refractivity contribution < 1.29 is 4.74 Å². The number of hydrazone groups is 1. The van der Waals surface area contributed by atoms with Gasteiger partial charge >= 0.3 is 0 Å². The Bertz CT molecular complexity index is 1020. The smallest absolute Gasteiger partial charge is 0.186 e. The first-order valence-corrected chi connectivity index (χ1v) is 11.1. The highest BCUT2D eigenvalue weighted by molar-refractivity contribution is 7.80. The molecule has 2 aromatic heterocycles. The Hall–Kier alpha value is -3.14. The van der Waals surface area contributed by atoms with Crippen molar-refractivity contribution in [1.29, 1.82) is 0 Å². The fourth-order valence-electron chi connectivity index (χ4n) is 3.45. The van der Waals surface area contributed by atoms with E-state index in [2.05, 4.69) is 25.7 Å². The molecule has 1 fully saturated rings. The van der Waals surface area contributed by atoms with Crippen LogP contribution in [0.1, 0.15) is 12.0 Å². The maximum Gasteiger partial charge on any atom is 0.186 e. The van der Waals surface area contributed by atoms with Crippen molar-refractivity contribution in [2.75, 3.05) is 39.4 Å². The van der Waals surface area contributed by atoms with Crippen molar-refractivity contribution >= 4 is 23.5 Å². The molecule has 0 spiro atoms. The Morgan fingerprint density at radius 2 is 2.00 bits per heavy atom. The van der Waals surface area contributed by atoms with Gasteiger partial charge in [0.2, 0.25) is 0 Å². The third-order valence-electron chi connectivity index (χ3n) is 5.11. The molecule has 1 saturated heterocycles. The molecule has 2 N–H and O–H groups in total. The Balaban J connectivity index is 1.35. The van der Waals surface area contributed by atoms with E-state index in [4.69, 9.17) is 22.1 Å². The Morgan fingerprint density at radius 1 is 1.16 bits per heavy atom. The standard InChI is InChI=1S/C23H27N7OS/c32-23(25-10-5-11-29-12-14-31-15-13-29)27-26-17-20-18-30(21-7-2-1-3-8-21)28-22(20)19-6-4-9-24-16-19/h1-4,6-9,16-18H,5,10-15H2,(H2,25,27,32)/b26-17+. The van der Waals surface area contributed by atoms with Gasteiger partial charge in [0, 0.05) is 49.4 Å². The number of hydrogen-bond donors (Lipinski definition) is 2. The maximum atomic E-state index is 5.37. The zero-order chi connectivity index (χ0) is 22.0. The highest BCUT2D eigenvalue weighted by Gasteiger charge is 2.11. The van der Waals surface area contributed by atoms with Crippen LogP contribution in [-0.2, 0) is 4.74 Å². The van der Waals surface area contributed by atoms with Gasteiger partial charge in [-0.2, -0.15) is 10.2 Å². The molecule has 166 valence electrons. The first-order chi connectivity index (χ1) is 15.8. The summed E-state index contributed by atoms with van der Waals surface area (Å²) in [5.74, 6) is 0. The number of thiocarbonyl (C=S) groups is 1. The van der Waals surface area contributed by atoms with Crippen LogP contribution < -0.4 is 10.7 Å². The minimum atomic E-state index is 0.501. The van der Waals surface area contributed by atoms with Gasteiger partial charge in [-0.05, 0) is 49.4 Å². The van der Waals surface area contributed by atoms with Gasteiger partial charge < -0.3 is 10.1 Å². The largest absolute Gasteiger partial charge is 0.379 e. The lowest BCUT2D eigenvalue weighted by Crippen LogP contribution is -2.39. The number of benzene rings is 1. The van der Waals surface area contributed by atoms with E-state index in [1.54, 1.807) is 18.6 Å². The van der Waals surface area contributed by atoms with Gasteiger partial charge in [-0.1, -0.05) is 18.2 Å². The second-order valence-corrected chi connectivity index (χ2v) is 7.80. The lowest BCUT2D eigenvalue weighted by molar-refractivity contribution is 0.0376. The molecule has 1 aliphatic heterocycles. The highest BCUT2D eigenvalue weighted by Crippen LogP contribution is 2.21. The molecule has 0 bridgehead atoms. The van der Waals surface area contributed by atoms with Gasteiger partial charge in [0.05, 0.1) is 25.1 Å². The zero-order valence-electron chi connectivity index (χ0n) is 17.9. The molecule has 32 heavy (non-hydrogen) atoms. The van der Waals surface area contributed by atoms with E-state index in [1.807, 2.05) is 53.3 Å². The number of hydrogen-bond acceptors (Lipinski definition) is 6. The molecule has 9 heteroatoms. The summed E-state index contributed by atoms with van der Waals surface area (Å²) in [6.45, 7) is 5.49. The van der Waals surface area contributed by atoms with E-state index in [0.717, 1.165) is 68.3 Å². The Labute approximate surface area is 193 Å². The monoisotopic (exact) mass is 449 g/mol. The fourth-order valence-corrected chi connectivity index (χ4v) is 3.61. The predicted molar refractivity (Wildman–Crippen MR) is 130 cm³/mol. The summed E-state index contributed by atoms with van der Waals surface area (Å²) in [5.41, 5.74) is 6.47. The lowest BCUT2D eigenvalue weighted by Gasteiger charge is -2.26.